The lowest BCUT2D eigenvalue weighted by Gasteiger charge is -2.18. The molecule has 0 aliphatic heterocycles. The largest absolute Gasteiger partial charge is 0.494 e. The van der Waals surface area contributed by atoms with E-state index >= 15 is 0 Å². The number of hydrogen-bond donors (Lipinski definition) is 2. The highest BCUT2D eigenvalue weighted by atomic mass is 19.1. The van der Waals surface area contributed by atoms with E-state index in [4.69, 9.17) is 10.6 Å². The molecule has 1 heterocycles. The van der Waals surface area contributed by atoms with E-state index in [0.29, 0.717) is 12.2 Å². The smallest absolute Gasteiger partial charge is 0.146 e. The standard InChI is InChI=1S/C15H18FN3O/c1-2-8-20-12-5-3-4-11(9-12)15(19-17)13-6-7-18-10-14(13)16/h3-7,9-10,15,19H,2,8,17H2,1H3. The average molecular weight is 275 g/mol. The van der Waals surface area contributed by atoms with Gasteiger partial charge in [0.1, 0.15) is 11.6 Å². The van der Waals surface area contributed by atoms with Crippen molar-refractivity contribution in [1.29, 1.82) is 0 Å². The Hall–Kier alpha value is -1.98. The molecular formula is C15H18FN3O. The molecule has 0 bridgehead atoms. The fraction of sp³-hybridized carbons (Fsp3) is 0.267. The van der Waals surface area contributed by atoms with E-state index in [9.17, 15) is 4.39 Å². The van der Waals surface area contributed by atoms with Gasteiger partial charge in [-0.05, 0) is 30.2 Å². The first kappa shape index (κ1) is 14.4. The van der Waals surface area contributed by atoms with Crippen molar-refractivity contribution in [1.82, 2.24) is 10.4 Å². The molecule has 106 valence electrons. The van der Waals surface area contributed by atoms with E-state index < -0.39 is 11.9 Å². The minimum absolute atomic E-state index is 0.393. The highest BCUT2D eigenvalue weighted by Crippen LogP contribution is 2.26. The molecule has 1 aromatic carbocycles. The lowest BCUT2D eigenvalue weighted by atomic mass is 10.00. The molecule has 0 aliphatic carbocycles. The van der Waals surface area contributed by atoms with Gasteiger partial charge in [-0.3, -0.25) is 10.8 Å². The third-order valence-electron chi connectivity index (χ3n) is 2.95. The van der Waals surface area contributed by atoms with Crippen molar-refractivity contribution in [2.24, 2.45) is 5.84 Å². The molecule has 0 aliphatic rings. The monoisotopic (exact) mass is 275 g/mol. The third-order valence-corrected chi connectivity index (χ3v) is 2.95. The first-order valence-electron chi connectivity index (χ1n) is 6.54. The molecule has 20 heavy (non-hydrogen) atoms. The predicted molar refractivity (Wildman–Crippen MR) is 75.6 cm³/mol. The summed E-state index contributed by atoms with van der Waals surface area (Å²) in [7, 11) is 0. The Morgan fingerprint density at radius 3 is 2.95 bits per heavy atom. The molecule has 2 aromatic rings. The number of benzene rings is 1. The molecule has 1 aromatic heterocycles. The van der Waals surface area contributed by atoms with Gasteiger partial charge in [-0.2, -0.15) is 0 Å². The summed E-state index contributed by atoms with van der Waals surface area (Å²) in [4.78, 5) is 3.75. The molecule has 3 N–H and O–H groups in total. The summed E-state index contributed by atoms with van der Waals surface area (Å²) in [6, 6.07) is 8.64. The van der Waals surface area contributed by atoms with Gasteiger partial charge in [-0.1, -0.05) is 19.1 Å². The Labute approximate surface area is 117 Å². The van der Waals surface area contributed by atoms with Gasteiger partial charge in [0.05, 0.1) is 18.8 Å². The van der Waals surface area contributed by atoms with Gasteiger partial charge >= 0.3 is 0 Å². The average Bonchev–Trinajstić information content (AvgIpc) is 2.48. The summed E-state index contributed by atoms with van der Waals surface area (Å²) < 4.78 is 19.4. The number of nitrogens with one attached hydrogen (secondary N) is 1. The van der Waals surface area contributed by atoms with Crippen LogP contribution >= 0.6 is 0 Å². The van der Waals surface area contributed by atoms with Gasteiger partial charge in [0.2, 0.25) is 0 Å². The second-order valence-corrected chi connectivity index (χ2v) is 4.42. The summed E-state index contributed by atoms with van der Waals surface area (Å²) in [5.74, 6) is 5.93. The van der Waals surface area contributed by atoms with E-state index in [2.05, 4.69) is 10.4 Å². The molecular weight excluding hydrogens is 257 g/mol. The maximum Gasteiger partial charge on any atom is 0.146 e. The van der Waals surface area contributed by atoms with Crippen molar-refractivity contribution in [3.63, 3.8) is 0 Å². The molecule has 5 heteroatoms. The minimum Gasteiger partial charge on any atom is -0.494 e. The Morgan fingerprint density at radius 1 is 1.40 bits per heavy atom. The molecule has 0 saturated heterocycles. The second kappa shape index (κ2) is 6.98. The normalized spacial score (nSPS) is 12.2. The Bertz CT molecular complexity index is 562. The SMILES string of the molecule is CCCOc1cccc(C(NN)c2ccncc2F)c1. The van der Waals surface area contributed by atoms with Crippen molar-refractivity contribution in [3.05, 3.63) is 59.7 Å². The summed E-state index contributed by atoms with van der Waals surface area (Å²) in [6.45, 7) is 2.69. The minimum atomic E-state index is -0.442. The van der Waals surface area contributed by atoms with Gasteiger partial charge in [0.25, 0.3) is 0 Å². The van der Waals surface area contributed by atoms with Crippen LogP contribution in [0.1, 0.15) is 30.5 Å². The van der Waals surface area contributed by atoms with Crippen molar-refractivity contribution in [2.75, 3.05) is 6.61 Å². The molecule has 0 amide bonds. The van der Waals surface area contributed by atoms with Gasteiger partial charge in [-0.15, -0.1) is 0 Å². The molecule has 0 fully saturated rings. The van der Waals surface area contributed by atoms with E-state index in [1.54, 1.807) is 12.3 Å². The number of pyridine rings is 1. The highest BCUT2D eigenvalue weighted by molar-refractivity contribution is 5.36. The quantitative estimate of drug-likeness (QED) is 0.628. The summed E-state index contributed by atoms with van der Waals surface area (Å²) in [6.07, 6.45) is 3.65. The van der Waals surface area contributed by atoms with Crippen LogP contribution in [0.3, 0.4) is 0 Å². The topological polar surface area (TPSA) is 60.2 Å². The zero-order valence-corrected chi connectivity index (χ0v) is 11.3. The van der Waals surface area contributed by atoms with Crippen LogP contribution in [-0.2, 0) is 0 Å². The van der Waals surface area contributed by atoms with Gasteiger partial charge in [0.15, 0.2) is 0 Å². The number of nitrogens with two attached hydrogens (primary N) is 1. The number of ether oxygens (including phenoxy) is 1. The van der Waals surface area contributed by atoms with E-state index in [-0.39, 0.29) is 0 Å². The number of nitrogens with zero attached hydrogens (tertiary/aromatic N) is 1. The van der Waals surface area contributed by atoms with Crippen LogP contribution in [0.5, 0.6) is 5.75 Å². The molecule has 1 unspecified atom stereocenters. The molecule has 0 radical (unpaired) electrons. The first-order chi connectivity index (χ1) is 9.76. The van der Waals surface area contributed by atoms with Crippen LogP contribution in [0.15, 0.2) is 42.7 Å². The summed E-state index contributed by atoms with van der Waals surface area (Å²) in [5.41, 5.74) is 3.93. The van der Waals surface area contributed by atoms with Crippen molar-refractivity contribution < 1.29 is 9.13 Å². The Kier molecular flexibility index (Phi) is 5.03. The van der Waals surface area contributed by atoms with Crippen LogP contribution in [-0.4, -0.2) is 11.6 Å². The molecule has 0 spiro atoms. The van der Waals surface area contributed by atoms with Crippen LogP contribution in [0.2, 0.25) is 0 Å². The van der Waals surface area contributed by atoms with Crippen molar-refractivity contribution in [2.45, 2.75) is 19.4 Å². The van der Waals surface area contributed by atoms with E-state index in [0.717, 1.165) is 17.7 Å². The number of halogens is 1. The maximum atomic E-state index is 13.8. The number of rotatable bonds is 6. The van der Waals surface area contributed by atoms with Crippen molar-refractivity contribution in [3.8, 4) is 5.75 Å². The molecule has 1 atom stereocenters. The molecule has 4 nitrogen and oxygen atoms in total. The van der Waals surface area contributed by atoms with Gasteiger partial charge in [0, 0.05) is 11.8 Å². The highest BCUT2D eigenvalue weighted by Gasteiger charge is 2.16. The fourth-order valence-corrected chi connectivity index (χ4v) is 1.99. The van der Waals surface area contributed by atoms with E-state index in [1.165, 1.54) is 6.20 Å². The third kappa shape index (κ3) is 3.31. The van der Waals surface area contributed by atoms with E-state index in [1.807, 2.05) is 31.2 Å². The fourth-order valence-electron chi connectivity index (χ4n) is 1.99. The lowest BCUT2D eigenvalue weighted by molar-refractivity contribution is 0.317. The van der Waals surface area contributed by atoms with Crippen LogP contribution in [0, 0.1) is 5.82 Å². The second-order valence-electron chi connectivity index (χ2n) is 4.42. The van der Waals surface area contributed by atoms with Gasteiger partial charge in [-0.25, -0.2) is 9.82 Å². The number of hydrazine groups is 1. The van der Waals surface area contributed by atoms with Crippen LogP contribution in [0.4, 0.5) is 4.39 Å². The van der Waals surface area contributed by atoms with Gasteiger partial charge < -0.3 is 4.74 Å². The zero-order valence-electron chi connectivity index (χ0n) is 11.3. The van der Waals surface area contributed by atoms with Crippen LogP contribution in [0.25, 0.3) is 0 Å². The number of hydrogen-bond acceptors (Lipinski definition) is 4. The number of aromatic nitrogens is 1. The lowest BCUT2D eigenvalue weighted by Crippen LogP contribution is -2.29. The Balaban J connectivity index is 2.30. The zero-order chi connectivity index (χ0) is 14.4. The first-order valence-corrected chi connectivity index (χ1v) is 6.54. The maximum absolute atomic E-state index is 13.8. The predicted octanol–water partition coefficient (Wildman–Crippen LogP) is 2.56. The molecule has 2 rings (SSSR count). The Morgan fingerprint density at radius 2 is 2.25 bits per heavy atom. The molecule has 0 saturated carbocycles. The summed E-state index contributed by atoms with van der Waals surface area (Å²) in [5, 5.41) is 0. The van der Waals surface area contributed by atoms with Crippen molar-refractivity contribution >= 4 is 0 Å². The summed E-state index contributed by atoms with van der Waals surface area (Å²) >= 11 is 0. The van der Waals surface area contributed by atoms with Crippen LogP contribution < -0.4 is 16.0 Å².